The zero-order valence-corrected chi connectivity index (χ0v) is 14.5. The molecule has 128 valence electrons. The maximum absolute atomic E-state index is 10.3. The van der Waals surface area contributed by atoms with Crippen molar-refractivity contribution in [1.29, 1.82) is 0 Å². The molecule has 3 nitrogen and oxygen atoms in total. The fourth-order valence-corrected chi connectivity index (χ4v) is 4.34. The molecule has 1 saturated carbocycles. The molecule has 2 fully saturated rings. The van der Waals surface area contributed by atoms with E-state index in [-0.39, 0.29) is 6.10 Å². The molecule has 23 heavy (non-hydrogen) atoms. The largest absolute Gasteiger partial charge is 0.391 e. The Kier molecular flexibility index (Phi) is 6.09. The Morgan fingerprint density at radius 3 is 2.43 bits per heavy atom. The first-order valence-electron chi connectivity index (χ1n) is 9.51. The van der Waals surface area contributed by atoms with E-state index in [1.165, 1.54) is 37.7 Å². The summed E-state index contributed by atoms with van der Waals surface area (Å²) >= 11 is 0. The molecule has 1 aromatic rings. The second-order valence-corrected chi connectivity index (χ2v) is 7.27. The molecule has 3 rings (SSSR count). The lowest BCUT2D eigenvalue weighted by Crippen LogP contribution is -2.51. The van der Waals surface area contributed by atoms with Crippen molar-refractivity contribution in [3.8, 4) is 0 Å². The van der Waals surface area contributed by atoms with Gasteiger partial charge in [0, 0.05) is 31.2 Å². The lowest BCUT2D eigenvalue weighted by Gasteiger charge is -2.42. The number of aliphatic hydroxyl groups is 1. The molecule has 0 bridgehead atoms. The molecule has 3 atom stereocenters. The summed E-state index contributed by atoms with van der Waals surface area (Å²) in [6.45, 7) is 4.52. The van der Waals surface area contributed by atoms with E-state index in [9.17, 15) is 5.11 Å². The summed E-state index contributed by atoms with van der Waals surface area (Å²) in [6, 6.07) is 12.3. The molecule has 3 unspecified atom stereocenters. The van der Waals surface area contributed by atoms with Crippen LogP contribution < -0.4 is 5.32 Å². The Bertz CT molecular complexity index is 456. The van der Waals surface area contributed by atoms with Gasteiger partial charge in [-0.2, -0.15) is 0 Å². The van der Waals surface area contributed by atoms with Crippen molar-refractivity contribution in [1.82, 2.24) is 10.2 Å². The minimum Gasteiger partial charge on any atom is -0.391 e. The molecule has 1 heterocycles. The van der Waals surface area contributed by atoms with E-state index in [0.717, 1.165) is 25.9 Å². The number of piperidine rings is 1. The number of hydrogen-bond donors (Lipinski definition) is 2. The minimum absolute atomic E-state index is 0.0963. The van der Waals surface area contributed by atoms with E-state index in [1.807, 2.05) is 0 Å². The summed E-state index contributed by atoms with van der Waals surface area (Å²) in [4.78, 5) is 2.55. The van der Waals surface area contributed by atoms with Crippen LogP contribution >= 0.6 is 0 Å². The van der Waals surface area contributed by atoms with Crippen LogP contribution in [0.25, 0.3) is 0 Å². The minimum atomic E-state index is -0.0963. The van der Waals surface area contributed by atoms with Crippen molar-refractivity contribution >= 4 is 0 Å². The van der Waals surface area contributed by atoms with Crippen LogP contribution in [0.15, 0.2) is 30.3 Å². The summed E-state index contributed by atoms with van der Waals surface area (Å²) in [5.74, 6) is 0. The fraction of sp³-hybridized carbons (Fsp3) is 0.700. The van der Waals surface area contributed by atoms with Gasteiger partial charge in [-0.1, -0.05) is 50.1 Å². The molecule has 2 N–H and O–H groups in total. The monoisotopic (exact) mass is 316 g/mol. The predicted molar refractivity (Wildman–Crippen MR) is 95.5 cm³/mol. The molecule has 0 aromatic heterocycles. The highest BCUT2D eigenvalue weighted by Gasteiger charge is 2.31. The van der Waals surface area contributed by atoms with Gasteiger partial charge in [-0.3, -0.25) is 4.90 Å². The SMILES string of the molecule is CCC(NC1CCN(C2CCCCC2O)CC1)c1ccccc1. The third kappa shape index (κ3) is 4.34. The lowest BCUT2D eigenvalue weighted by molar-refractivity contribution is 0.00657. The molecular weight excluding hydrogens is 284 g/mol. The van der Waals surface area contributed by atoms with Gasteiger partial charge in [0.2, 0.25) is 0 Å². The highest BCUT2D eigenvalue weighted by molar-refractivity contribution is 5.18. The second kappa shape index (κ2) is 8.27. The molecule has 3 heteroatoms. The molecule has 0 spiro atoms. The van der Waals surface area contributed by atoms with Gasteiger partial charge in [0.15, 0.2) is 0 Å². The summed E-state index contributed by atoms with van der Waals surface area (Å²) in [5, 5.41) is 14.1. The Balaban J connectivity index is 1.50. The number of likely N-dealkylation sites (tertiary alicyclic amines) is 1. The first-order valence-corrected chi connectivity index (χ1v) is 9.51. The molecule has 1 aliphatic heterocycles. The molecule has 0 amide bonds. The Labute approximate surface area is 141 Å². The second-order valence-electron chi connectivity index (χ2n) is 7.27. The summed E-state index contributed by atoms with van der Waals surface area (Å²) < 4.78 is 0. The molecule has 1 aliphatic carbocycles. The number of nitrogens with one attached hydrogen (secondary N) is 1. The van der Waals surface area contributed by atoms with Crippen molar-refractivity contribution in [2.45, 2.75) is 76.1 Å². The zero-order chi connectivity index (χ0) is 16.1. The van der Waals surface area contributed by atoms with Crippen LogP contribution in [0, 0.1) is 0 Å². The lowest BCUT2D eigenvalue weighted by atomic mass is 9.89. The van der Waals surface area contributed by atoms with Gasteiger partial charge in [0.25, 0.3) is 0 Å². The number of nitrogens with zero attached hydrogens (tertiary/aromatic N) is 1. The summed E-state index contributed by atoms with van der Waals surface area (Å²) in [5.41, 5.74) is 1.40. The summed E-state index contributed by atoms with van der Waals surface area (Å²) in [6.07, 6.45) is 8.10. The number of rotatable bonds is 5. The van der Waals surface area contributed by atoms with Crippen LogP contribution in [-0.2, 0) is 0 Å². The average molecular weight is 316 g/mol. The van der Waals surface area contributed by atoms with E-state index >= 15 is 0 Å². The normalized spacial score (nSPS) is 28.6. The Hall–Kier alpha value is -0.900. The first kappa shape index (κ1) is 16.9. The van der Waals surface area contributed by atoms with Crippen molar-refractivity contribution in [3.05, 3.63) is 35.9 Å². The third-order valence-corrected chi connectivity index (χ3v) is 5.74. The topological polar surface area (TPSA) is 35.5 Å². The van der Waals surface area contributed by atoms with E-state index in [2.05, 4.69) is 47.5 Å². The first-order chi connectivity index (χ1) is 11.3. The maximum Gasteiger partial charge on any atom is 0.0695 e. The third-order valence-electron chi connectivity index (χ3n) is 5.74. The van der Waals surface area contributed by atoms with Crippen LogP contribution in [0.1, 0.15) is 63.5 Å². The number of benzene rings is 1. The summed E-state index contributed by atoms with van der Waals surface area (Å²) in [7, 11) is 0. The molecule has 1 aromatic carbocycles. The van der Waals surface area contributed by atoms with Gasteiger partial charge >= 0.3 is 0 Å². The van der Waals surface area contributed by atoms with E-state index < -0.39 is 0 Å². The van der Waals surface area contributed by atoms with Crippen molar-refractivity contribution in [2.24, 2.45) is 0 Å². The van der Waals surface area contributed by atoms with E-state index in [1.54, 1.807) is 0 Å². The van der Waals surface area contributed by atoms with Gasteiger partial charge in [-0.15, -0.1) is 0 Å². The number of hydrogen-bond acceptors (Lipinski definition) is 3. The fourth-order valence-electron chi connectivity index (χ4n) is 4.34. The van der Waals surface area contributed by atoms with Gasteiger partial charge in [0.1, 0.15) is 0 Å². The van der Waals surface area contributed by atoms with Crippen LogP contribution in [0.4, 0.5) is 0 Å². The van der Waals surface area contributed by atoms with E-state index in [0.29, 0.717) is 18.1 Å². The van der Waals surface area contributed by atoms with Gasteiger partial charge in [-0.05, 0) is 37.7 Å². The van der Waals surface area contributed by atoms with Gasteiger partial charge in [-0.25, -0.2) is 0 Å². The van der Waals surface area contributed by atoms with Crippen LogP contribution in [0.2, 0.25) is 0 Å². The zero-order valence-electron chi connectivity index (χ0n) is 14.5. The van der Waals surface area contributed by atoms with Crippen molar-refractivity contribution < 1.29 is 5.11 Å². The predicted octanol–water partition coefficient (Wildman–Crippen LogP) is 3.50. The quantitative estimate of drug-likeness (QED) is 0.873. The molecule has 0 radical (unpaired) electrons. The van der Waals surface area contributed by atoms with Gasteiger partial charge in [0.05, 0.1) is 6.10 Å². The highest BCUT2D eigenvalue weighted by atomic mass is 16.3. The van der Waals surface area contributed by atoms with Crippen LogP contribution in [0.5, 0.6) is 0 Å². The maximum atomic E-state index is 10.3. The molecular formula is C20H32N2O. The number of aliphatic hydroxyl groups excluding tert-OH is 1. The Morgan fingerprint density at radius 2 is 1.78 bits per heavy atom. The molecule has 2 aliphatic rings. The van der Waals surface area contributed by atoms with E-state index in [4.69, 9.17) is 0 Å². The van der Waals surface area contributed by atoms with Gasteiger partial charge < -0.3 is 10.4 Å². The highest BCUT2D eigenvalue weighted by Crippen LogP contribution is 2.27. The smallest absolute Gasteiger partial charge is 0.0695 e. The van der Waals surface area contributed by atoms with Crippen LogP contribution in [0.3, 0.4) is 0 Å². The van der Waals surface area contributed by atoms with Crippen LogP contribution in [-0.4, -0.2) is 41.3 Å². The average Bonchev–Trinajstić information content (AvgIpc) is 2.61. The van der Waals surface area contributed by atoms with Crippen molar-refractivity contribution in [2.75, 3.05) is 13.1 Å². The Morgan fingerprint density at radius 1 is 1.09 bits per heavy atom. The standard InChI is InChI=1S/C20H32N2O/c1-2-18(16-8-4-3-5-9-16)21-17-12-14-22(15-13-17)19-10-6-7-11-20(19)23/h3-5,8-9,17-21,23H,2,6-7,10-15H2,1H3. The molecule has 1 saturated heterocycles. The van der Waals surface area contributed by atoms with Crippen molar-refractivity contribution in [3.63, 3.8) is 0 Å².